The highest BCUT2D eigenvalue weighted by Crippen LogP contribution is 2.12. The minimum atomic E-state index is -0.977. The lowest BCUT2D eigenvalue weighted by Gasteiger charge is -2.12. The number of esters is 1. The Morgan fingerprint density at radius 3 is 2.64 bits per heavy atom. The number of rotatable bonds is 5. The van der Waals surface area contributed by atoms with Crippen LogP contribution >= 0.6 is 0 Å². The summed E-state index contributed by atoms with van der Waals surface area (Å²) in [6, 6.07) is 10.1. The van der Waals surface area contributed by atoms with Gasteiger partial charge in [-0.1, -0.05) is 5.16 Å². The third-order valence-electron chi connectivity index (χ3n) is 3.40. The zero-order chi connectivity index (χ0) is 17.8. The molecule has 8 heteroatoms. The predicted octanol–water partition coefficient (Wildman–Crippen LogP) is 2.35. The SMILES string of the molecule is Cc1cc(NC(=O)[C@H](C)OC(=O)c2ccc(-n3cccn3)cc2)no1. The van der Waals surface area contributed by atoms with E-state index >= 15 is 0 Å². The third-order valence-corrected chi connectivity index (χ3v) is 3.40. The lowest BCUT2D eigenvalue weighted by molar-refractivity contribution is -0.123. The van der Waals surface area contributed by atoms with Gasteiger partial charge in [-0.3, -0.25) is 4.79 Å². The number of nitrogens with zero attached hydrogens (tertiary/aromatic N) is 3. The summed E-state index contributed by atoms with van der Waals surface area (Å²) in [6.45, 7) is 3.19. The topological polar surface area (TPSA) is 99.2 Å². The minimum Gasteiger partial charge on any atom is -0.449 e. The van der Waals surface area contributed by atoms with Crippen LogP contribution in [0.3, 0.4) is 0 Å². The Morgan fingerprint density at radius 1 is 1.28 bits per heavy atom. The van der Waals surface area contributed by atoms with Crippen LogP contribution in [-0.2, 0) is 9.53 Å². The van der Waals surface area contributed by atoms with Crippen molar-refractivity contribution >= 4 is 17.7 Å². The zero-order valence-corrected chi connectivity index (χ0v) is 13.7. The van der Waals surface area contributed by atoms with Crippen LogP contribution in [0, 0.1) is 6.92 Å². The molecule has 128 valence electrons. The molecular formula is C17H16N4O4. The van der Waals surface area contributed by atoms with Crippen molar-refractivity contribution in [3.05, 3.63) is 60.1 Å². The second-order valence-electron chi connectivity index (χ2n) is 5.36. The highest BCUT2D eigenvalue weighted by molar-refractivity contribution is 5.96. The number of carbonyl (C=O) groups excluding carboxylic acids is 2. The van der Waals surface area contributed by atoms with Crippen molar-refractivity contribution in [2.24, 2.45) is 0 Å². The molecular weight excluding hydrogens is 324 g/mol. The van der Waals surface area contributed by atoms with Gasteiger partial charge >= 0.3 is 5.97 Å². The van der Waals surface area contributed by atoms with Crippen molar-refractivity contribution in [3.63, 3.8) is 0 Å². The Hall–Kier alpha value is -3.42. The molecule has 3 aromatic rings. The maximum atomic E-state index is 12.2. The molecule has 8 nitrogen and oxygen atoms in total. The summed E-state index contributed by atoms with van der Waals surface area (Å²) in [5, 5.41) is 10.3. The highest BCUT2D eigenvalue weighted by atomic mass is 16.5. The van der Waals surface area contributed by atoms with E-state index in [-0.39, 0.29) is 5.82 Å². The van der Waals surface area contributed by atoms with Gasteiger partial charge in [-0.05, 0) is 44.2 Å². The summed E-state index contributed by atoms with van der Waals surface area (Å²) in [6.07, 6.45) is 2.49. The van der Waals surface area contributed by atoms with Crippen LogP contribution in [0.15, 0.2) is 53.3 Å². The maximum Gasteiger partial charge on any atom is 0.338 e. The lowest BCUT2D eigenvalue weighted by atomic mass is 10.2. The maximum absolute atomic E-state index is 12.2. The molecule has 0 aliphatic rings. The fourth-order valence-corrected chi connectivity index (χ4v) is 2.11. The van der Waals surface area contributed by atoms with Crippen molar-refractivity contribution in [1.82, 2.24) is 14.9 Å². The van der Waals surface area contributed by atoms with Crippen molar-refractivity contribution < 1.29 is 18.8 Å². The fourth-order valence-electron chi connectivity index (χ4n) is 2.11. The molecule has 1 atom stereocenters. The van der Waals surface area contributed by atoms with Crippen LogP contribution in [0.1, 0.15) is 23.0 Å². The molecule has 0 saturated heterocycles. The van der Waals surface area contributed by atoms with Crippen LogP contribution in [0.2, 0.25) is 0 Å². The van der Waals surface area contributed by atoms with Crippen molar-refractivity contribution in [2.45, 2.75) is 20.0 Å². The Morgan fingerprint density at radius 2 is 2.04 bits per heavy atom. The second-order valence-corrected chi connectivity index (χ2v) is 5.36. The van der Waals surface area contributed by atoms with Gasteiger partial charge in [0.1, 0.15) is 5.76 Å². The van der Waals surface area contributed by atoms with Gasteiger partial charge in [-0.25, -0.2) is 9.48 Å². The van der Waals surface area contributed by atoms with Gasteiger partial charge in [0.05, 0.1) is 11.3 Å². The van der Waals surface area contributed by atoms with E-state index in [0.29, 0.717) is 11.3 Å². The van der Waals surface area contributed by atoms with Crippen molar-refractivity contribution in [1.29, 1.82) is 0 Å². The molecule has 2 heterocycles. The van der Waals surface area contributed by atoms with E-state index in [1.54, 1.807) is 60.4 Å². The van der Waals surface area contributed by atoms with Crippen LogP contribution in [-0.4, -0.2) is 32.9 Å². The van der Waals surface area contributed by atoms with Crippen molar-refractivity contribution in [2.75, 3.05) is 5.32 Å². The van der Waals surface area contributed by atoms with E-state index in [1.165, 1.54) is 6.92 Å². The quantitative estimate of drug-likeness (QED) is 0.716. The number of aromatic nitrogens is 3. The molecule has 0 saturated carbocycles. The van der Waals surface area contributed by atoms with E-state index < -0.39 is 18.0 Å². The smallest absolute Gasteiger partial charge is 0.338 e. The standard InChI is InChI=1S/C17H16N4O4/c1-11-10-15(20-25-11)19-16(22)12(2)24-17(23)13-4-6-14(7-5-13)21-9-3-8-18-21/h3-10,12H,1-2H3,(H,19,20,22)/t12-/m0/s1. The number of anilines is 1. The molecule has 0 aliphatic heterocycles. The molecule has 0 radical (unpaired) electrons. The van der Waals surface area contributed by atoms with Gasteiger partial charge in [0.25, 0.3) is 5.91 Å². The Balaban J connectivity index is 1.60. The van der Waals surface area contributed by atoms with E-state index in [2.05, 4.69) is 15.6 Å². The number of carbonyl (C=O) groups is 2. The monoisotopic (exact) mass is 340 g/mol. The van der Waals surface area contributed by atoms with Gasteiger partial charge in [-0.2, -0.15) is 5.10 Å². The molecule has 0 bridgehead atoms. The molecule has 0 unspecified atom stereocenters. The van der Waals surface area contributed by atoms with Crippen LogP contribution in [0.25, 0.3) is 5.69 Å². The second kappa shape index (κ2) is 7.00. The van der Waals surface area contributed by atoms with Crippen LogP contribution in [0.5, 0.6) is 0 Å². The first-order valence-electron chi connectivity index (χ1n) is 7.58. The molecule has 3 rings (SSSR count). The number of benzene rings is 1. The molecule has 1 amide bonds. The first kappa shape index (κ1) is 16.4. The summed E-state index contributed by atoms with van der Waals surface area (Å²) in [5.74, 6) is -0.244. The first-order valence-corrected chi connectivity index (χ1v) is 7.58. The number of nitrogens with one attached hydrogen (secondary N) is 1. The molecule has 1 aromatic carbocycles. The summed E-state index contributed by atoms with van der Waals surface area (Å²) in [4.78, 5) is 24.2. The predicted molar refractivity (Wildman–Crippen MR) is 88.3 cm³/mol. The number of hydrogen-bond donors (Lipinski definition) is 1. The lowest BCUT2D eigenvalue weighted by Crippen LogP contribution is -2.30. The number of hydrogen-bond acceptors (Lipinski definition) is 6. The summed E-state index contributed by atoms with van der Waals surface area (Å²) < 4.78 is 11.7. The van der Waals surface area contributed by atoms with Crippen LogP contribution < -0.4 is 5.32 Å². The molecule has 0 fully saturated rings. The number of amides is 1. The Labute approximate surface area is 143 Å². The zero-order valence-electron chi connectivity index (χ0n) is 13.7. The van der Waals surface area contributed by atoms with E-state index in [4.69, 9.17) is 9.26 Å². The molecule has 1 N–H and O–H groups in total. The van der Waals surface area contributed by atoms with Crippen LogP contribution in [0.4, 0.5) is 5.82 Å². The largest absolute Gasteiger partial charge is 0.449 e. The fraction of sp³-hybridized carbons (Fsp3) is 0.176. The van der Waals surface area contributed by atoms with Gasteiger partial charge < -0.3 is 14.6 Å². The normalized spacial score (nSPS) is 11.8. The third kappa shape index (κ3) is 3.92. The summed E-state index contributed by atoms with van der Waals surface area (Å²) in [7, 11) is 0. The number of aryl methyl sites for hydroxylation is 1. The Kier molecular flexibility index (Phi) is 4.60. The summed E-state index contributed by atoms with van der Waals surface area (Å²) >= 11 is 0. The molecule has 2 aromatic heterocycles. The Bertz CT molecular complexity index is 868. The van der Waals surface area contributed by atoms with E-state index in [9.17, 15) is 9.59 Å². The molecule has 25 heavy (non-hydrogen) atoms. The number of ether oxygens (including phenoxy) is 1. The minimum absolute atomic E-state index is 0.272. The van der Waals surface area contributed by atoms with Crippen molar-refractivity contribution in [3.8, 4) is 5.69 Å². The van der Waals surface area contributed by atoms with E-state index in [0.717, 1.165) is 5.69 Å². The van der Waals surface area contributed by atoms with Gasteiger partial charge in [0.15, 0.2) is 11.9 Å². The van der Waals surface area contributed by atoms with Gasteiger partial charge in [0.2, 0.25) is 0 Å². The van der Waals surface area contributed by atoms with Gasteiger partial charge in [0, 0.05) is 18.5 Å². The van der Waals surface area contributed by atoms with E-state index in [1.807, 2.05) is 0 Å². The molecule has 0 spiro atoms. The highest BCUT2D eigenvalue weighted by Gasteiger charge is 2.20. The molecule has 0 aliphatic carbocycles. The van der Waals surface area contributed by atoms with Gasteiger partial charge in [-0.15, -0.1) is 0 Å². The average molecular weight is 340 g/mol. The summed E-state index contributed by atoms with van der Waals surface area (Å²) in [5.41, 5.74) is 1.15. The first-order chi connectivity index (χ1) is 12.0. The average Bonchev–Trinajstić information content (AvgIpc) is 3.27.